The number of carboxylic acids is 1. The highest BCUT2D eigenvalue weighted by Gasteiger charge is 2.17. The summed E-state index contributed by atoms with van der Waals surface area (Å²) in [5.74, 6) is -1.31. The monoisotopic (exact) mass is 426 g/mol. The number of hydrogen-bond donors (Lipinski definition) is 3. The minimum atomic E-state index is -1.31. The second-order valence-electron chi connectivity index (χ2n) is 7.75. The number of aryl methyl sites for hydroxylation is 1. The predicted octanol–water partition coefficient (Wildman–Crippen LogP) is 4.69. The van der Waals surface area contributed by atoms with E-state index in [1.807, 2.05) is 18.2 Å². The number of hydrogen-bond acceptors (Lipinski definition) is 5. The van der Waals surface area contributed by atoms with Gasteiger partial charge in [-0.25, -0.2) is 14.4 Å². The van der Waals surface area contributed by atoms with Crippen molar-refractivity contribution < 1.29 is 29.0 Å². The normalized spacial score (nSPS) is 11.4. The molecule has 0 heterocycles. The Hall–Kier alpha value is -3.81. The minimum Gasteiger partial charge on any atom is -0.477 e. The van der Waals surface area contributed by atoms with Crippen molar-refractivity contribution in [3.05, 3.63) is 70.9 Å². The van der Waals surface area contributed by atoms with Crippen LogP contribution in [0.15, 0.2) is 54.2 Å². The summed E-state index contributed by atoms with van der Waals surface area (Å²) in [4.78, 5) is 35.4. The van der Waals surface area contributed by atoms with Crippen LogP contribution in [0.25, 0.3) is 6.08 Å². The molecule has 3 N–H and O–H groups in total. The number of rotatable bonds is 6. The van der Waals surface area contributed by atoms with Gasteiger partial charge in [-0.2, -0.15) is 0 Å². The molecule has 0 atom stereocenters. The van der Waals surface area contributed by atoms with Gasteiger partial charge in [0, 0.05) is 5.69 Å². The average Bonchev–Trinajstić information content (AvgIpc) is 2.67. The smallest absolute Gasteiger partial charge is 0.412 e. The van der Waals surface area contributed by atoms with Crippen LogP contribution in [0.1, 0.15) is 37.5 Å². The number of benzene rings is 2. The molecule has 0 unspecified atom stereocenters. The summed E-state index contributed by atoms with van der Waals surface area (Å²) >= 11 is 0. The molecule has 8 nitrogen and oxygen atoms in total. The number of anilines is 1. The van der Waals surface area contributed by atoms with Crippen LogP contribution in [0, 0.1) is 6.92 Å². The van der Waals surface area contributed by atoms with E-state index < -0.39 is 23.8 Å². The van der Waals surface area contributed by atoms with Crippen molar-refractivity contribution in [3.63, 3.8) is 0 Å². The topological polar surface area (TPSA) is 114 Å². The van der Waals surface area contributed by atoms with Crippen LogP contribution in [0.4, 0.5) is 15.3 Å². The van der Waals surface area contributed by atoms with Crippen LogP contribution in [0.3, 0.4) is 0 Å². The van der Waals surface area contributed by atoms with Crippen LogP contribution in [0.2, 0.25) is 0 Å². The number of alkyl carbamates (subject to hydrolysis) is 1. The highest BCUT2D eigenvalue weighted by Crippen LogP contribution is 2.19. The number of carboxylic acid groups (broad SMARTS) is 1. The van der Waals surface area contributed by atoms with Crippen molar-refractivity contribution in [1.82, 2.24) is 5.32 Å². The quantitative estimate of drug-likeness (QED) is 0.577. The zero-order valence-corrected chi connectivity index (χ0v) is 17.9. The van der Waals surface area contributed by atoms with E-state index in [0.29, 0.717) is 16.8 Å². The molecular formula is C23H26N2O6. The molecule has 0 saturated carbocycles. The molecule has 0 saturated heterocycles. The Labute approximate surface area is 180 Å². The molecule has 0 fully saturated rings. The molecule has 31 heavy (non-hydrogen) atoms. The molecule has 0 bridgehead atoms. The first kappa shape index (κ1) is 23.5. The van der Waals surface area contributed by atoms with E-state index in [0.717, 1.165) is 5.56 Å². The number of ether oxygens (including phenoxy) is 2. The maximum absolute atomic E-state index is 12.0. The number of amides is 2. The molecule has 8 heteroatoms. The first-order valence-electron chi connectivity index (χ1n) is 9.57. The van der Waals surface area contributed by atoms with Crippen molar-refractivity contribution >= 4 is 29.9 Å². The molecule has 2 aromatic carbocycles. The van der Waals surface area contributed by atoms with Crippen molar-refractivity contribution in [1.29, 1.82) is 0 Å². The molecule has 0 radical (unpaired) electrons. The summed E-state index contributed by atoms with van der Waals surface area (Å²) in [5.41, 5.74) is 1.55. The predicted molar refractivity (Wildman–Crippen MR) is 116 cm³/mol. The van der Waals surface area contributed by atoms with E-state index in [4.69, 9.17) is 9.47 Å². The van der Waals surface area contributed by atoms with Gasteiger partial charge in [-0.3, -0.25) is 10.6 Å². The molecule has 2 amide bonds. The lowest BCUT2D eigenvalue weighted by atomic mass is 10.1. The van der Waals surface area contributed by atoms with Gasteiger partial charge in [-0.05, 0) is 62.6 Å². The molecule has 0 aliphatic rings. The summed E-state index contributed by atoms with van der Waals surface area (Å²) in [6.45, 7) is 7.06. The van der Waals surface area contributed by atoms with Crippen LogP contribution >= 0.6 is 0 Å². The SMILES string of the molecule is Cc1cc(C=C(NC(=O)OCc2ccccc2)C(=O)O)ccc1NC(=O)OC(C)(C)C. The zero-order valence-electron chi connectivity index (χ0n) is 17.9. The lowest BCUT2D eigenvalue weighted by Gasteiger charge is -2.20. The van der Waals surface area contributed by atoms with E-state index in [9.17, 15) is 19.5 Å². The van der Waals surface area contributed by atoms with Gasteiger partial charge < -0.3 is 14.6 Å². The Balaban J connectivity index is 2.05. The third-order valence-corrected chi connectivity index (χ3v) is 3.88. The van der Waals surface area contributed by atoms with E-state index >= 15 is 0 Å². The second kappa shape index (κ2) is 10.3. The Kier molecular flexibility index (Phi) is 7.79. The first-order chi connectivity index (χ1) is 14.5. The van der Waals surface area contributed by atoms with Crippen molar-refractivity contribution in [2.45, 2.75) is 39.9 Å². The number of carbonyl (C=O) groups excluding carboxylic acids is 2. The largest absolute Gasteiger partial charge is 0.477 e. The maximum atomic E-state index is 12.0. The van der Waals surface area contributed by atoms with Crippen molar-refractivity contribution in [3.8, 4) is 0 Å². The highest BCUT2D eigenvalue weighted by atomic mass is 16.6. The van der Waals surface area contributed by atoms with Crippen LogP contribution < -0.4 is 10.6 Å². The number of carbonyl (C=O) groups is 3. The van der Waals surface area contributed by atoms with Gasteiger partial charge in [0.2, 0.25) is 0 Å². The zero-order chi connectivity index (χ0) is 23.0. The molecule has 2 rings (SSSR count). The Bertz CT molecular complexity index is 977. The van der Waals surface area contributed by atoms with Crippen LogP contribution in [0.5, 0.6) is 0 Å². The molecule has 0 aromatic heterocycles. The lowest BCUT2D eigenvalue weighted by Crippen LogP contribution is -2.28. The summed E-state index contributed by atoms with van der Waals surface area (Å²) in [6.07, 6.45) is -0.165. The summed E-state index contributed by atoms with van der Waals surface area (Å²) in [7, 11) is 0. The second-order valence-corrected chi connectivity index (χ2v) is 7.75. The molecule has 2 aromatic rings. The fourth-order valence-electron chi connectivity index (χ4n) is 2.52. The van der Waals surface area contributed by atoms with Gasteiger partial charge in [-0.15, -0.1) is 0 Å². The number of aliphatic carboxylic acids is 1. The fourth-order valence-corrected chi connectivity index (χ4v) is 2.52. The molecule has 0 aliphatic heterocycles. The van der Waals surface area contributed by atoms with Crippen molar-refractivity contribution in [2.75, 3.05) is 5.32 Å². The van der Waals surface area contributed by atoms with Gasteiger partial charge >= 0.3 is 18.2 Å². The van der Waals surface area contributed by atoms with Gasteiger partial charge in [-0.1, -0.05) is 36.4 Å². The summed E-state index contributed by atoms with van der Waals surface area (Å²) in [6, 6.07) is 13.9. The molecular weight excluding hydrogens is 400 g/mol. The van der Waals surface area contributed by atoms with Crippen LogP contribution in [-0.4, -0.2) is 28.9 Å². The van der Waals surface area contributed by atoms with E-state index in [2.05, 4.69) is 10.6 Å². The average molecular weight is 426 g/mol. The first-order valence-corrected chi connectivity index (χ1v) is 9.57. The third kappa shape index (κ3) is 8.22. The summed E-state index contributed by atoms with van der Waals surface area (Å²) in [5, 5.41) is 14.3. The van der Waals surface area contributed by atoms with Gasteiger partial charge in [0.05, 0.1) is 0 Å². The maximum Gasteiger partial charge on any atom is 0.412 e. The van der Waals surface area contributed by atoms with E-state index in [-0.39, 0.29) is 12.3 Å². The minimum absolute atomic E-state index is 0.0176. The standard InChI is InChI=1S/C23H26N2O6/c1-15-12-17(10-11-18(15)24-22(29)31-23(2,3)4)13-19(20(26)27)25-21(28)30-14-16-8-6-5-7-9-16/h5-13H,14H2,1-4H3,(H,24,29)(H,25,28)(H,26,27). The van der Waals surface area contributed by atoms with Crippen molar-refractivity contribution in [2.24, 2.45) is 0 Å². The highest BCUT2D eigenvalue weighted by molar-refractivity contribution is 5.95. The Morgan fingerprint density at radius 1 is 1.03 bits per heavy atom. The molecule has 164 valence electrons. The van der Waals surface area contributed by atoms with Gasteiger partial charge in [0.25, 0.3) is 0 Å². The van der Waals surface area contributed by atoms with Gasteiger partial charge in [0.1, 0.15) is 17.9 Å². The molecule has 0 aliphatic carbocycles. The van der Waals surface area contributed by atoms with E-state index in [1.54, 1.807) is 58.0 Å². The van der Waals surface area contributed by atoms with Gasteiger partial charge in [0.15, 0.2) is 0 Å². The number of nitrogens with one attached hydrogen (secondary N) is 2. The molecule has 0 spiro atoms. The summed E-state index contributed by atoms with van der Waals surface area (Å²) < 4.78 is 10.3. The van der Waals surface area contributed by atoms with E-state index in [1.165, 1.54) is 6.08 Å². The third-order valence-electron chi connectivity index (χ3n) is 3.88. The lowest BCUT2D eigenvalue weighted by molar-refractivity contribution is -0.132. The fraction of sp³-hybridized carbons (Fsp3) is 0.261. The van der Waals surface area contributed by atoms with Crippen LogP contribution in [-0.2, 0) is 20.9 Å². The Morgan fingerprint density at radius 3 is 2.29 bits per heavy atom. The Morgan fingerprint density at radius 2 is 1.71 bits per heavy atom.